The van der Waals surface area contributed by atoms with Crippen molar-refractivity contribution in [3.8, 4) is 0 Å². The molecule has 1 atom stereocenters. The van der Waals surface area contributed by atoms with E-state index in [0.717, 1.165) is 12.3 Å². The van der Waals surface area contributed by atoms with Crippen molar-refractivity contribution in [1.29, 1.82) is 0 Å². The molecule has 0 aliphatic carbocycles. The second-order valence-corrected chi connectivity index (χ2v) is 6.14. The first-order chi connectivity index (χ1) is 7.46. The van der Waals surface area contributed by atoms with Crippen LogP contribution in [0.15, 0.2) is 0 Å². The molecule has 0 radical (unpaired) electrons. The maximum atomic E-state index is 5.61. The molecule has 0 heterocycles. The monoisotopic (exact) mass is 242 g/mol. The molecule has 0 bridgehead atoms. The fraction of sp³-hybridized carbons (Fsp3) is 0.933. The molecule has 0 rings (SSSR count). The summed E-state index contributed by atoms with van der Waals surface area (Å²) in [6, 6.07) is 0. The van der Waals surface area contributed by atoms with Gasteiger partial charge >= 0.3 is 0 Å². The highest BCUT2D eigenvalue weighted by molar-refractivity contribution is 7.80. The van der Waals surface area contributed by atoms with Crippen molar-refractivity contribution in [1.82, 2.24) is 0 Å². The average Bonchev–Trinajstić information content (AvgIpc) is 2.25. The van der Waals surface area contributed by atoms with E-state index in [1.807, 2.05) is 0 Å². The maximum absolute atomic E-state index is 5.61. The predicted octanol–water partition coefficient (Wildman–Crippen LogP) is 5.79. The van der Waals surface area contributed by atoms with Crippen LogP contribution in [-0.4, -0.2) is 4.86 Å². The van der Waals surface area contributed by atoms with Gasteiger partial charge in [0.15, 0.2) is 0 Å². The Balaban J connectivity index is 4.11. The first kappa shape index (κ1) is 16.1. The third-order valence-corrected chi connectivity index (χ3v) is 4.68. The zero-order valence-corrected chi connectivity index (χ0v) is 12.8. The third kappa shape index (κ3) is 5.43. The van der Waals surface area contributed by atoms with E-state index in [1.54, 1.807) is 0 Å². The van der Waals surface area contributed by atoms with Gasteiger partial charge in [-0.25, -0.2) is 0 Å². The average molecular weight is 242 g/mol. The summed E-state index contributed by atoms with van der Waals surface area (Å²) < 4.78 is 0. The molecule has 16 heavy (non-hydrogen) atoms. The van der Waals surface area contributed by atoms with Crippen LogP contribution in [0.1, 0.15) is 79.6 Å². The summed E-state index contributed by atoms with van der Waals surface area (Å²) in [6.07, 6.45) is 9.00. The van der Waals surface area contributed by atoms with E-state index in [1.165, 1.54) is 43.4 Å². The second-order valence-electron chi connectivity index (χ2n) is 5.65. The lowest BCUT2D eigenvalue weighted by molar-refractivity contribution is 0.307. The lowest BCUT2D eigenvalue weighted by atomic mass is 9.73. The molecule has 0 aromatic heterocycles. The Morgan fingerprint density at radius 3 is 2.12 bits per heavy atom. The third-order valence-electron chi connectivity index (χ3n) is 3.95. The molecule has 0 aliphatic rings. The Labute approximate surface area is 108 Å². The molecule has 0 aromatic carbocycles. The molecule has 0 aromatic rings. The van der Waals surface area contributed by atoms with E-state index in [4.69, 9.17) is 12.2 Å². The molecule has 0 aliphatic heterocycles. The largest absolute Gasteiger partial charge is 0.0891 e. The highest BCUT2D eigenvalue weighted by Gasteiger charge is 2.29. The van der Waals surface area contributed by atoms with Crippen LogP contribution < -0.4 is 0 Å². The molecule has 0 spiro atoms. The molecule has 0 saturated heterocycles. The van der Waals surface area contributed by atoms with Crippen molar-refractivity contribution in [3.63, 3.8) is 0 Å². The van der Waals surface area contributed by atoms with Gasteiger partial charge in [-0.05, 0) is 35.5 Å². The van der Waals surface area contributed by atoms with E-state index < -0.39 is 0 Å². The van der Waals surface area contributed by atoms with Crippen molar-refractivity contribution in [2.24, 2.45) is 11.3 Å². The van der Waals surface area contributed by atoms with Crippen molar-refractivity contribution < 1.29 is 0 Å². The van der Waals surface area contributed by atoms with Crippen LogP contribution in [0.4, 0.5) is 0 Å². The fourth-order valence-corrected chi connectivity index (χ4v) is 2.34. The number of thiocarbonyl (C=S) groups is 1. The lowest BCUT2D eigenvalue weighted by Crippen LogP contribution is -2.30. The molecular formula is C15H30S. The van der Waals surface area contributed by atoms with Crippen LogP contribution in [-0.2, 0) is 0 Å². The first-order valence-electron chi connectivity index (χ1n) is 7.00. The van der Waals surface area contributed by atoms with Gasteiger partial charge in [0, 0.05) is 0 Å². The van der Waals surface area contributed by atoms with E-state index >= 15 is 0 Å². The van der Waals surface area contributed by atoms with Gasteiger partial charge in [0.2, 0.25) is 0 Å². The van der Waals surface area contributed by atoms with E-state index in [9.17, 15) is 0 Å². The molecule has 1 unspecified atom stereocenters. The number of rotatable bonds is 9. The van der Waals surface area contributed by atoms with Gasteiger partial charge in [-0.15, -0.1) is 0 Å². The van der Waals surface area contributed by atoms with E-state index in [2.05, 4.69) is 34.6 Å². The summed E-state index contributed by atoms with van der Waals surface area (Å²) in [6.45, 7) is 11.5. The summed E-state index contributed by atoms with van der Waals surface area (Å²) in [7, 11) is 0. The van der Waals surface area contributed by atoms with Gasteiger partial charge in [-0.1, -0.05) is 72.5 Å². The summed E-state index contributed by atoms with van der Waals surface area (Å²) in [5.74, 6) is 0.725. The molecule has 0 amide bonds. The molecular weight excluding hydrogens is 212 g/mol. The van der Waals surface area contributed by atoms with Crippen LogP contribution in [0.3, 0.4) is 0 Å². The van der Waals surface area contributed by atoms with Crippen LogP contribution in [0, 0.1) is 11.3 Å². The highest BCUT2D eigenvalue weighted by atomic mass is 32.1. The van der Waals surface area contributed by atoms with E-state index in [-0.39, 0.29) is 5.41 Å². The van der Waals surface area contributed by atoms with Crippen molar-refractivity contribution in [3.05, 3.63) is 0 Å². The molecule has 96 valence electrons. The quantitative estimate of drug-likeness (QED) is 0.364. The molecule has 0 N–H and O–H groups in total. The van der Waals surface area contributed by atoms with Crippen molar-refractivity contribution in [2.45, 2.75) is 79.6 Å². The Morgan fingerprint density at radius 2 is 1.62 bits per heavy atom. The van der Waals surface area contributed by atoms with Gasteiger partial charge in [-0.2, -0.15) is 0 Å². The Bertz CT molecular complexity index is 194. The summed E-state index contributed by atoms with van der Waals surface area (Å²) in [5, 5.41) is 0. The molecule has 1 heteroatoms. The van der Waals surface area contributed by atoms with Gasteiger partial charge in [0.25, 0.3) is 0 Å². The smallest absolute Gasteiger partial charge is 0.00126 e. The molecule has 0 nitrogen and oxygen atoms in total. The van der Waals surface area contributed by atoms with Gasteiger partial charge < -0.3 is 0 Å². The second kappa shape index (κ2) is 8.22. The topological polar surface area (TPSA) is 0 Å². The summed E-state index contributed by atoms with van der Waals surface area (Å²) in [4.78, 5) is 1.29. The number of unbranched alkanes of at least 4 members (excludes halogenated alkanes) is 3. The van der Waals surface area contributed by atoms with Crippen molar-refractivity contribution in [2.75, 3.05) is 0 Å². The summed E-state index contributed by atoms with van der Waals surface area (Å²) in [5.41, 5.74) is 0.248. The van der Waals surface area contributed by atoms with Gasteiger partial charge in [0.05, 0.1) is 0 Å². The van der Waals surface area contributed by atoms with Crippen LogP contribution in [0.5, 0.6) is 0 Å². The van der Waals surface area contributed by atoms with Crippen LogP contribution in [0.2, 0.25) is 0 Å². The van der Waals surface area contributed by atoms with Crippen molar-refractivity contribution >= 4 is 17.1 Å². The van der Waals surface area contributed by atoms with Crippen LogP contribution >= 0.6 is 12.2 Å². The Hall–Kier alpha value is 0.0900. The number of hydrogen-bond donors (Lipinski definition) is 0. The SMILES string of the molecule is CCCCCC(C)C(C)(C)C(=S)CCCC. The molecule has 0 saturated carbocycles. The molecule has 0 fully saturated rings. The Kier molecular flexibility index (Phi) is 8.27. The highest BCUT2D eigenvalue weighted by Crippen LogP contribution is 2.34. The minimum Gasteiger partial charge on any atom is -0.0891 e. The zero-order chi connectivity index (χ0) is 12.6. The van der Waals surface area contributed by atoms with Gasteiger partial charge in [0.1, 0.15) is 0 Å². The Morgan fingerprint density at radius 1 is 1.06 bits per heavy atom. The zero-order valence-electron chi connectivity index (χ0n) is 11.9. The van der Waals surface area contributed by atoms with Crippen LogP contribution in [0.25, 0.3) is 0 Å². The number of hydrogen-bond acceptors (Lipinski definition) is 1. The normalized spacial score (nSPS) is 13.8. The minimum atomic E-state index is 0.248. The maximum Gasteiger partial charge on any atom is -0.00126 e. The predicted molar refractivity (Wildman–Crippen MR) is 79.2 cm³/mol. The summed E-state index contributed by atoms with van der Waals surface area (Å²) >= 11 is 5.61. The standard InChI is InChI=1S/C15H30S/c1-6-8-10-11-13(3)15(4,5)14(16)12-9-7-2/h13H,6-12H2,1-5H3. The first-order valence-corrected chi connectivity index (χ1v) is 7.40. The fourth-order valence-electron chi connectivity index (χ4n) is 2.00. The minimum absolute atomic E-state index is 0.248. The lowest BCUT2D eigenvalue weighted by Gasteiger charge is -2.33. The van der Waals surface area contributed by atoms with E-state index in [0.29, 0.717) is 0 Å². The van der Waals surface area contributed by atoms with Gasteiger partial charge in [-0.3, -0.25) is 0 Å².